The van der Waals surface area contributed by atoms with E-state index in [1.165, 1.54) is 16.9 Å². The van der Waals surface area contributed by atoms with Crippen molar-refractivity contribution in [2.24, 2.45) is 0 Å². The highest BCUT2D eigenvalue weighted by atomic mass is 32.1. The third-order valence-electron chi connectivity index (χ3n) is 4.76. The van der Waals surface area contributed by atoms with Crippen LogP contribution in [0.5, 0.6) is 5.75 Å². The Morgan fingerprint density at radius 3 is 2.53 bits per heavy atom. The molecule has 0 radical (unpaired) electrons. The minimum atomic E-state index is -4.62. The van der Waals surface area contributed by atoms with Crippen molar-refractivity contribution in [1.29, 1.82) is 0 Å². The van der Waals surface area contributed by atoms with E-state index >= 15 is 0 Å². The molecule has 1 amide bonds. The number of rotatable bonds is 8. The number of hydrogen-bond acceptors (Lipinski definition) is 5. The highest BCUT2D eigenvalue weighted by Crippen LogP contribution is 2.38. The Morgan fingerprint density at radius 2 is 1.85 bits per heavy atom. The van der Waals surface area contributed by atoms with Crippen molar-refractivity contribution < 1.29 is 22.7 Å². The Hall–Kier alpha value is -3.47. The normalized spacial score (nSPS) is 11.2. The van der Waals surface area contributed by atoms with Gasteiger partial charge in [-0.3, -0.25) is 10.1 Å². The minimum absolute atomic E-state index is 0.0415. The summed E-state index contributed by atoms with van der Waals surface area (Å²) in [5, 5.41) is 13.3. The topological polar surface area (TPSA) is 81.1 Å². The number of para-hydroxylation sites is 1. The molecule has 0 unspecified atom stereocenters. The van der Waals surface area contributed by atoms with Crippen LogP contribution < -0.4 is 15.4 Å². The number of aromatic nitrogens is 3. The molecule has 34 heavy (non-hydrogen) atoms. The third-order valence-corrected chi connectivity index (χ3v) is 4.96. The van der Waals surface area contributed by atoms with E-state index in [0.717, 1.165) is 18.9 Å². The van der Waals surface area contributed by atoms with Crippen molar-refractivity contribution >= 4 is 28.9 Å². The molecular formula is C23H24F3N5O2S. The molecule has 0 saturated carbocycles. The minimum Gasteiger partial charge on any atom is -0.493 e. The number of benzene rings is 2. The number of ether oxygens (including phenoxy) is 1. The largest absolute Gasteiger partial charge is 0.493 e. The summed E-state index contributed by atoms with van der Waals surface area (Å²) in [6.07, 6.45) is -2.15. The number of carbonyl (C=O) groups is 1. The van der Waals surface area contributed by atoms with Crippen molar-refractivity contribution in [1.82, 2.24) is 20.3 Å². The van der Waals surface area contributed by atoms with Gasteiger partial charge in [-0.25, -0.2) is 0 Å². The summed E-state index contributed by atoms with van der Waals surface area (Å²) >= 11 is 5.11. The Balaban J connectivity index is 1.68. The Bertz CT molecular complexity index is 1150. The summed E-state index contributed by atoms with van der Waals surface area (Å²) in [5.74, 6) is -0.888. The number of unbranched alkanes of at least 4 members (excludes halogenated alkanes) is 2. The second-order valence-corrected chi connectivity index (χ2v) is 7.84. The van der Waals surface area contributed by atoms with E-state index in [0.29, 0.717) is 17.8 Å². The predicted octanol–water partition coefficient (Wildman–Crippen LogP) is 5.29. The molecule has 3 rings (SSSR count). The third kappa shape index (κ3) is 6.53. The van der Waals surface area contributed by atoms with Gasteiger partial charge in [0.2, 0.25) is 0 Å². The van der Waals surface area contributed by atoms with Crippen molar-refractivity contribution in [3.05, 3.63) is 65.5 Å². The van der Waals surface area contributed by atoms with Gasteiger partial charge < -0.3 is 10.1 Å². The highest BCUT2D eigenvalue weighted by molar-refractivity contribution is 7.80. The fourth-order valence-electron chi connectivity index (χ4n) is 3.08. The number of aryl methyl sites for hydroxylation is 1. The molecule has 0 aliphatic carbocycles. The van der Waals surface area contributed by atoms with E-state index in [1.54, 1.807) is 19.1 Å². The van der Waals surface area contributed by atoms with Crippen LogP contribution in [-0.4, -0.2) is 32.6 Å². The number of carbonyl (C=O) groups excluding carboxylic acids is 1. The van der Waals surface area contributed by atoms with Crippen molar-refractivity contribution in [2.45, 2.75) is 39.3 Å². The van der Waals surface area contributed by atoms with Crippen LogP contribution in [0, 0.1) is 6.92 Å². The number of nitrogens with zero attached hydrogens (tertiary/aromatic N) is 3. The average molecular weight is 492 g/mol. The molecule has 11 heteroatoms. The van der Waals surface area contributed by atoms with Gasteiger partial charge in [0.15, 0.2) is 10.8 Å². The van der Waals surface area contributed by atoms with E-state index in [1.807, 2.05) is 25.1 Å². The summed E-state index contributed by atoms with van der Waals surface area (Å²) in [6.45, 7) is 3.81. The monoisotopic (exact) mass is 491 g/mol. The summed E-state index contributed by atoms with van der Waals surface area (Å²) in [7, 11) is 0. The molecule has 0 bridgehead atoms. The van der Waals surface area contributed by atoms with E-state index in [9.17, 15) is 18.0 Å². The fourth-order valence-corrected chi connectivity index (χ4v) is 3.29. The maximum Gasteiger partial charge on any atom is 0.420 e. The molecule has 0 fully saturated rings. The van der Waals surface area contributed by atoms with Crippen LogP contribution in [0.1, 0.15) is 47.9 Å². The summed E-state index contributed by atoms with van der Waals surface area (Å²) in [6, 6.07) is 12.5. The number of thiocarbonyl (C=S) groups is 1. The predicted molar refractivity (Wildman–Crippen MR) is 126 cm³/mol. The zero-order valence-electron chi connectivity index (χ0n) is 18.6. The SMILES string of the molecule is CCCCCOc1ccc(NC(=S)NC(=O)c2nn(-c3ccccc3)nc2C)cc1C(F)(F)F. The number of halogens is 3. The maximum atomic E-state index is 13.5. The number of anilines is 1. The van der Waals surface area contributed by atoms with E-state index in [4.69, 9.17) is 17.0 Å². The quantitative estimate of drug-likeness (QED) is 0.329. The van der Waals surface area contributed by atoms with Gasteiger partial charge in [-0.15, -0.1) is 5.10 Å². The highest BCUT2D eigenvalue weighted by Gasteiger charge is 2.35. The summed E-state index contributed by atoms with van der Waals surface area (Å²) in [5.41, 5.74) is 0.211. The Morgan fingerprint density at radius 1 is 1.12 bits per heavy atom. The molecule has 7 nitrogen and oxygen atoms in total. The molecular weight excluding hydrogens is 467 g/mol. The van der Waals surface area contributed by atoms with Crippen LogP contribution in [-0.2, 0) is 6.18 Å². The lowest BCUT2D eigenvalue weighted by atomic mass is 10.1. The van der Waals surface area contributed by atoms with Crippen LogP contribution in [0.4, 0.5) is 18.9 Å². The lowest BCUT2D eigenvalue weighted by Crippen LogP contribution is -2.34. The molecule has 1 aromatic heterocycles. The van der Waals surface area contributed by atoms with Crippen LogP contribution in [0.15, 0.2) is 48.5 Å². The van der Waals surface area contributed by atoms with Gasteiger partial charge in [0.05, 0.1) is 23.6 Å². The second kappa shape index (κ2) is 11.1. The number of amides is 1. The Kier molecular flexibility index (Phi) is 8.21. The fraction of sp³-hybridized carbons (Fsp3) is 0.304. The number of hydrogen-bond donors (Lipinski definition) is 2. The van der Waals surface area contributed by atoms with Crippen molar-refractivity contribution in [3.8, 4) is 11.4 Å². The van der Waals surface area contributed by atoms with Crippen LogP contribution >= 0.6 is 12.2 Å². The first kappa shape index (κ1) is 25.2. The zero-order valence-corrected chi connectivity index (χ0v) is 19.5. The lowest BCUT2D eigenvalue weighted by Gasteiger charge is -2.16. The Labute approximate surface area is 200 Å². The molecule has 2 N–H and O–H groups in total. The summed E-state index contributed by atoms with van der Waals surface area (Å²) < 4.78 is 45.9. The van der Waals surface area contributed by atoms with Gasteiger partial charge in [0, 0.05) is 5.69 Å². The number of alkyl halides is 3. The van der Waals surface area contributed by atoms with Gasteiger partial charge >= 0.3 is 6.18 Å². The van der Waals surface area contributed by atoms with Gasteiger partial charge in [-0.05, 0) is 55.9 Å². The first-order chi connectivity index (χ1) is 16.2. The molecule has 0 atom stereocenters. The van der Waals surface area contributed by atoms with Gasteiger partial charge in [-0.2, -0.15) is 23.1 Å². The van der Waals surface area contributed by atoms with Gasteiger partial charge in [0.25, 0.3) is 5.91 Å². The summed E-state index contributed by atoms with van der Waals surface area (Å²) in [4.78, 5) is 13.9. The van der Waals surface area contributed by atoms with E-state index in [2.05, 4.69) is 20.8 Å². The average Bonchev–Trinajstić information content (AvgIpc) is 3.19. The zero-order chi connectivity index (χ0) is 24.7. The first-order valence-corrected chi connectivity index (χ1v) is 11.1. The van der Waals surface area contributed by atoms with Crippen molar-refractivity contribution in [2.75, 3.05) is 11.9 Å². The molecule has 180 valence electrons. The molecule has 1 heterocycles. The first-order valence-electron chi connectivity index (χ1n) is 10.6. The smallest absolute Gasteiger partial charge is 0.420 e. The van der Waals surface area contributed by atoms with Crippen LogP contribution in [0.25, 0.3) is 5.69 Å². The molecule has 2 aromatic carbocycles. The van der Waals surface area contributed by atoms with Gasteiger partial charge in [0.1, 0.15) is 5.75 Å². The second-order valence-electron chi connectivity index (χ2n) is 7.43. The van der Waals surface area contributed by atoms with Gasteiger partial charge in [-0.1, -0.05) is 38.0 Å². The molecule has 0 spiro atoms. The molecule has 0 aliphatic rings. The van der Waals surface area contributed by atoms with Crippen molar-refractivity contribution in [3.63, 3.8) is 0 Å². The number of nitrogens with one attached hydrogen (secondary N) is 2. The lowest BCUT2D eigenvalue weighted by molar-refractivity contribution is -0.138. The van der Waals surface area contributed by atoms with Crippen LogP contribution in [0.2, 0.25) is 0 Å². The standard InChI is InChI=1S/C23H24F3N5O2S/c1-3-4-8-13-33-19-12-11-16(14-18(19)23(24,25)26)27-22(34)28-21(32)20-15(2)29-31(30-20)17-9-6-5-7-10-17/h5-7,9-12,14H,3-4,8,13H2,1-2H3,(H2,27,28,32,34). The molecule has 3 aromatic rings. The van der Waals surface area contributed by atoms with Crippen LogP contribution in [0.3, 0.4) is 0 Å². The molecule has 0 saturated heterocycles. The van der Waals surface area contributed by atoms with E-state index < -0.39 is 17.6 Å². The maximum absolute atomic E-state index is 13.5. The molecule has 0 aliphatic heterocycles. The van der Waals surface area contributed by atoms with E-state index in [-0.39, 0.29) is 28.9 Å².